The van der Waals surface area contributed by atoms with Crippen molar-refractivity contribution in [2.75, 3.05) is 0 Å². The van der Waals surface area contributed by atoms with Crippen molar-refractivity contribution in [3.05, 3.63) is 121 Å². The van der Waals surface area contributed by atoms with E-state index in [1.54, 1.807) is 10.7 Å². The number of para-hydroxylation sites is 1. The number of hydrogen-bond acceptors (Lipinski definition) is 3. The van der Waals surface area contributed by atoms with Gasteiger partial charge in [0.2, 0.25) is 0 Å². The zero-order valence-electron chi connectivity index (χ0n) is 20.0. The van der Waals surface area contributed by atoms with Crippen LogP contribution in [-0.4, -0.2) is 13.9 Å². The molecule has 0 amide bonds. The van der Waals surface area contributed by atoms with Crippen molar-refractivity contribution in [3.63, 3.8) is 0 Å². The Morgan fingerprint density at radius 2 is 1.61 bits per heavy atom. The predicted octanol–water partition coefficient (Wildman–Crippen LogP) is 7.16. The third-order valence-electron chi connectivity index (χ3n) is 6.35. The molecule has 0 fully saturated rings. The first-order chi connectivity index (χ1) is 17.4. The minimum Gasteiger partial charge on any atom is -0.309 e. The highest BCUT2D eigenvalue weighted by molar-refractivity contribution is 7.07. The maximum atomic E-state index is 13.5. The molecule has 5 nitrogen and oxygen atoms in total. The van der Waals surface area contributed by atoms with Crippen LogP contribution in [0.3, 0.4) is 0 Å². The molecular weight excluding hydrogens is 511 g/mol. The van der Waals surface area contributed by atoms with Crippen LogP contribution in [0.2, 0.25) is 10.0 Å². The van der Waals surface area contributed by atoms with Gasteiger partial charge in [-0.2, -0.15) is 0 Å². The Bertz CT molecular complexity index is 1660. The second-order valence-electron chi connectivity index (χ2n) is 8.51. The Hall–Kier alpha value is -3.32. The summed E-state index contributed by atoms with van der Waals surface area (Å²) in [6.45, 7) is 4.03. The molecule has 0 radical (unpaired) electrons. The summed E-state index contributed by atoms with van der Waals surface area (Å²) in [4.78, 5) is 19.2. The molecule has 3 aromatic carbocycles. The molecular formula is C28H24Cl2N4OS. The van der Waals surface area contributed by atoms with Gasteiger partial charge < -0.3 is 4.57 Å². The van der Waals surface area contributed by atoms with Crippen LogP contribution in [0.1, 0.15) is 24.2 Å². The van der Waals surface area contributed by atoms with E-state index in [2.05, 4.69) is 23.6 Å². The Morgan fingerprint density at radius 1 is 0.944 bits per heavy atom. The number of benzene rings is 3. The van der Waals surface area contributed by atoms with Gasteiger partial charge in [-0.1, -0.05) is 71.7 Å². The Balaban J connectivity index is 1.76. The van der Waals surface area contributed by atoms with Crippen LogP contribution in [-0.2, 0) is 7.05 Å². The van der Waals surface area contributed by atoms with E-state index in [0.717, 1.165) is 28.2 Å². The number of rotatable bonds is 5. The summed E-state index contributed by atoms with van der Waals surface area (Å²) < 4.78 is 5.61. The summed E-state index contributed by atoms with van der Waals surface area (Å²) >= 11 is 14.3. The number of aromatic nitrogens is 3. The fourth-order valence-electron chi connectivity index (χ4n) is 4.33. The smallest absolute Gasteiger partial charge is 0.297 e. The molecule has 0 saturated heterocycles. The normalized spacial score (nSPS) is 12.8. The molecule has 0 aliphatic rings. The number of nitrogens with zero attached hydrogens (tertiary/aromatic N) is 4. The second-order valence-corrected chi connectivity index (χ2v) is 10.2. The summed E-state index contributed by atoms with van der Waals surface area (Å²) in [7, 11) is 1.87. The summed E-state index contributed by atoms with van der Waals surface area (Å²) in [6, 6.07) is 25.2. The fraction of sp³-hybridized carbons (Fsp3) is 0.143. The Labute approximate surface area is 223 Å². The third kappa shape index (κ3) is 4.37. The lowest BCUT2D eigenvalue weighted by Crippen LogP contribution is -2.22. The van der Waals surface area contributed by atoms with Crippen LogP contribution in [0.25, 0.3) is 16.9 Å². The van der Waals surface area contributed by atoms with E-state index in [0.29, 0.717) is 20.5 Å². The van der Waals surface area contributed by atoms with Gasteiger partial charge in [0.05, 0.1) is 28.1 Å². The molecule has 1 unspecified atom stereocenters. The molecule has 2 aromatic heterocycles. The van der Waals surface area contributed by atoms with Crippen molar-refractivity contribution < 1.29 is 0 Å². The van der Waals surface area contributed by atoms with Gasteiger partial charge in [-0.05, 0) is 49.7 Å². The number of thiazole rings is 1. The highest BCUT2D eigenvalue weighted by Gasteiger charge is 2.20. The van der Waals surface area contributed by atoms with Gasteiger partial charge >= 0.3 is 0 Å². The minimum atomic E-state index is -0.167. The summed E-state index contributed by atoms with van der Waals surface area (Å²) in [5, 5.41) is 3.16. The van der Waals surface area contributed by atoms with Crippen molar-refractivity contribution >= 4 is 40.2 Å². The van der Waals surface area contributed by atoms with Gasteiger partial charge in [-0.15, -0.1) is 11.3 Å². The fourth-order valence-corrected chi connectivity index (χ4v) is 5.81. The Kier molecular flexibility index (Phi) is 6.75. The van der Waals surface area contributed by atoms with Crippen LogP contribution in [0.5, 0.6) is 0 Å². The van der Waals surface area contributed by atoms with Gasteiger partial charge in [0, 0.05) is 23.0 Å². The third-order valence-corrected chi connectivity index (χ3v) is 7.74. The molecule has 0 aliphatic heterocycles. The number of hydrogen-bond donors (Lipinski definition) is 0. The van der Waals surface area contributed by atoms with E-state index >= 15 is 0 Å². The van der Waals surface area contributed by atoms with Gasteiger partial charge in [0.1, 0.15) is 0 Å². The van der Waals surface area contributed by atoms with Crippen LogP contribution < -0.4 is 10.4 Å². The molecule has 182 valence electrons. The van der Waals surface area contributed by atoms with Crippen molar-refractivity contribution in [1.82, 2.24) is 13.9 Å². The van der Waals surface area contributed by atoms with Crippen LogP contribution in [0.15, 0.2) is 94.0 Å². The zero-order chi connectivity index (χ0) is 25.4. The molecule has 0 bridgehead atoms. The van der Waals surface area contributed by atoms with Crippen LogP contribution in [0, 0.1) is 6.92 Å². The lowest BCUT2D eigenvalue weighted by Gasteiger charge is -2.18. The van der Waals surface area contributed by atoms with E-state index < -0.39 is 0 Å². The van der Waals surface area contributed by atoms with E-state index in [-0.39, 0.29) is 11.6 Å². The summed E-state index contributed by atoms with van der Waals surface area (Å²) in [6.07, 6.45) is 0. The van der Waals surface area contributed by atoms with E-state index in [1.807, 2.05) is 84.7 Å². The highest BCUT2D eigenvalue weighted by Crippen LogP contribution is 2.33. The minimum absolute atomic E-state index is 0.0571. The second kappa shape index (κ2) is 9.97. The molecule has 1 atom stereocenters. The maximum Gasteiger partial charge on any atom is 0.297 e. The highest BCUT2D eigenvalue weighted by atomic mass is 35.5. The SMILES string of the molecule is Cc1c(N=c2scc(-c3ccc(Cl)cc3Cl)n2C(C)c2ccccc2)c(=O)n(-c2ccccc2)n1C. The van der Waals surface area contributed by atoms with Crippen LogP contribution >= 0.6 is 34.5 Å². The lowest BCUT2D eigenvalue weighted by molar-refractivity contribution is 0.628. The van der Waals surface area contributed by atoms with Gasteiger partial charge in [0.25, 0.3) is 5.56 Å². The predicted molar refractivity (Wildman–Crippen MR) is 149 cm³/mol. The molecule has 2 heterocycles. The topological polar surface area (TPSA) is 44.2 Å². The molecule has 0 N–H and O–H groups in total. The van der Waals surface area contributed by atoms with E-state index in [4.69, 9.17) is 28.2 Å². The monoisotopic (exact) mass is 534 g/mol. The summed E-state index contributed by atoms with van der Waals surface area (Å²) in [5.41, 5.74) is 4.70. The molecule has 5 aromatic rings. The molecule has 8 heteroatoms. The maximum absolute atomic E-state index is 13.5. The van der Waals surface area contributed by atoms with Gasteiger partial charge in [0.15, 0.2) is 10.5 Å². The standard InChI is InChI=1S/C28H24Cl2N4OS/c1-18(20-10-6-4-7-11-20)33-25(23-15-14-21(29)16-24(23)30)17-36-28(33)31-26-19(2)32(3)34(27(26)35)22-12-8-5-9-13-22/h4-18H,1-3H3. The molecule has 0 spiro atoms. The Morgan fingerprint density at radius 3 is 2.28 bits per heavy atom. The zero-order valence-corrected chi connectivity index (χ0v) is 22.3. The van der Waals surface area contributed by atoms with Crippen molar-refractivity contribution in [2.24, 2.45) is 12.0 Å². The van der Waals surface area contributed by atoms with Gasteiger partial charge in [-0.3, -0.25) is 9.48 Å². The average Bonchev–Trinajstić information content (AvgIpc) is 3.39. The van der Waals surface area contributed by atoms with E-state index in [1.165, 1.54) is 11.3 Å². The first kappa shape index (κ1) is 24.4. The average molecular weight is 536 g/mol. The van der Waals surface area contributed by atoms with Crippen molar-refractivity contribution in [3.8, 4) is 16.9 Å². The molecule has 0 saturated carbocycles. The largest absolute Gasteiger partial charge is 0.309 e. The lowest BCUT2D eigenvalue weighted by atomic mass is 10.1. The summed E-state index contributed by atoms with van der Waals surface area (Å²) in [5.74, 6) is 0. The molecule has 0 aliphatic carbocycles. The van der Waals surface area contributed by atoms with Gasteiger partial charge in [-0.25, -0.2) is 9.67 Å². The molecule has 36 heavy (non-hydrogen) atoms. The molecule has 5 rings (SSSR count). The van der Waals surface area contributed by atoms with Crippen molar-refractivity contribution in [1.29, 1.82) is 0 Å². The first-order valence-electron chi connectivity index (χ1n) is 11.5. The number of halogens is 2. The first-order valence-corrected chi connectivity index (χ1v) is 13.1. The van der Waals surface area contributed by atoms with E-state index in [9.17, 15) is 4.79 Å². The van der Waals surface area contributed by atoms with Crippen LogP contribution in [0.4, 0.5) is 5.69 Å². The quantitative estimate of drug-likeness (QED) is 0.236. The van der Waals surface area contributed by atoms with Crippen molar-refractivity contribution in [2.45, 2.75) is 19.9 Å².